The molecule has 2 aromatic heterocycles. The van der Waals surface area contributed by atoms with Gasteiger partial charge >= 0.3 is 0 Å². The van der Waals surface area contributed by atoms with Crippen molar-refractivity contribution in [3.63, 3.8) is 0 Å². The lowest BCUT2D eigenvalue weighted by molar-refractivity contribution is 0.0784. The number of para-hydroxylation sites is 1. The summed E-state index contributed by atoms with van der Waals surface area (Å²) in [5, 5.41) is 16.5. The molecule has 3 heterocycles. The molecule has 1 unspecified atom stereocenters. The number of amides is 1. The Morgan fingerprint density at radius 3 is 2.38 bits per heavy atom. The predicted molar refractivity (Wildman–Crippen MR) is 149 cm³/mol. The Morgan fingerprint density at radius 2 is 1.73 bits per heavy atom. The van der Waals surface area contributed by atoms with Crippen molar-refractivity contribution in [2.45, 2.75) is 57.9 Å². The smallest absolute Gasteiger partial charge is 0.290 e. The third-order valence-electron chi connectivity index (χ3n) is 8.05. The van der Waals surface area contributed by atoms with Gasteiger partial charge in [0.2, 0.25) is 5.88 Å². The monoisotopic (exact) mass is 541 g/mol. The molecule has 8 nitrogen and oxygen atoms in total. The summed E-state index contributed by atoms with van der Waals surface area (Å²) in [6.45, 7) is 4.83. The number of hydrogen-bond donors (Lipinski definition) is 1. The summed E-state index contributed by atoms with van der Waals surface area (Å²) in [5.41, 5.74) is 2.89. The summed E-state index contributed by atoms with van der Waals surface area (Å²) in [6, 6.07) is 14.3. The summed E-state index contributed by atoms with van der Waals surface area (Å²) in [4.78, 5) is 33.2. The van der Waals surface area contributed by atoms with Crippen LogP contribution < -0.4 is 5.56 Å². The molecule has 2 aliphatic rings. The molecule has 1 aliphatic heterocycles. The minimum atomic E-state index is -0.785. The van der Waals surface area contributed by atoms with Crippen LogP contribution in [0.2, 0.25) is 0 Å². The topological polar surface area (TPSA) is 93.2 Å². The van der Waals surface area contributed by atoms with Crippen molar-refractivity contribution in [3.05, 3.63) is 93.2 Å². The third-order valence-corrected chi connectivity index (χ3v) is 8.05. The zero-order valence-corrected chi connectivity index (χ0v) is 22.7. The molecule has 0 bridgehead atoms. The Labute approximate surface area is 231 Å². The molecule has 40 heavy (non-hydrogen) atoms. The van der Waals surface area contributed by atoms with Gasteiger partial charge in [0, 0.05) is 25.2 Å². The molecule has 0 radical (unpaired) electrons. The van der Waals surface area contributed by atoms with E-state index < -0.39 is 17.3 Å². The Balaban J connectivity index is 1.46. The van der Waals surface area contributed by atoms with E-state index in [4.69, 9.17) is 0 Å². The molecular weight excluding hydrogens is 509 g/mol. The molecule has 4 aromatic rings. The van der Waals surface area contributed by atoms with E-state index in [1.54, 1.807) is 27.7 Å². The normalized spacial score (nSPS) is 17.0. The molecule has 9 heteroatoms. The van der Waals surface area contributed by atoms with E-state index in [0.717, 1.165) is 29.5 Å². The largest absolute Gasteiger partial charge is 0.493 e. The fourth-order valence-corrected chi connectivity index (χ4v) is 5.69. The number of benzene rings is 2. The van der Waals surface area contributed by atoms with Crippen molar-refractivity contribution in [2.24, 2.45) is 0 Å². The Hall–Kier alpha value is -4.27. The van der Waals surface area contributed by atoms with Crippen molar-refractivity contribution < 1.29 is 14.3 Å². The first-order chi connectivity index (χ1) is 19.4. The first kappa shape index (κ1) is 26.0. The zero-order valence-electron chi connectivity index (χ0n) is 22.7. The quantitative estimate of drug-likeness (QED) is 0.354. The molecule has 0 spiro atoms. The molecule has 2 fully saturated rings. The average molecular weight is 542 g/mol. The van der Waals surface area contributed by atoms with Gasteiger partial charge < -0.3 is 10.0 Å². The summed E-state index contributed by atoms with van der Waals surface area (Å²) < 4.78 is 16.8. The van der Waals surface area contributed by atoms with Crippen LogP contribution in [0.3, 0.4) is 0 Å². The average Bonchev–Trinajstić information content (AvgIpc) is 3.48. The maximum absolute atomic E-state index is 13.8. The summed E-state index contributed by atoms with van der Waals surface area (Å²) in [7, 11) is 0. The number of halogens is 1. The van der Waals surface area contributed by atoms with Gasteiger partial charge in [-0.05, 0) is 67.0 Å². The van der Waals surface area contributed by atoms with E-state index in [-0.39, 0.29) is 23.1 Å². The lowest BCUT2D eigenvalue weighted by Gasteiger charge is -2.23. The molecule has 1 N–H and O–H groups in total. The maximum Gasteiger partial charge on any atom is 0.290 e. The van der Waals surface area contributed by atoms with Gasteiger partial charge in [0.1, 0.15) is 11.5 Å². The molecule has 1 aliphatic carbocycles. The SMILES string of the molecule is CCc1cccc(CC)c1-n1c(-c2ccn(C3CC3)n2)nc(=O)c(C(=O)N2CCC(c3ccc(F)cc3)C2)c1O. The molecule has 6 rings (SSSR count). The molecule has 1 saturated carbocycles. The number of nitrogens with zero attached hydrogens (tertiary/aromatic N) is 5. The Morgan fingerprint density at radius 1 is 1.02 bits per heavy atom. The predicted octanol–water partition coefficient (Wildman–Crippen LogP) is 5.03. The highest BCUT2D eigenvalue weighted by Crippen LogP contribution is 2.37. The van der Waals surface area contributed by atoms with Crippen LogP contribution in [0.1, 0.15) is 72.1 Å². The van der Waals surface area contributed by atoms with Crippen LogP contribution in [0.15, 0.2) is 59.5 Å². The summed E-state index contributed by atoms with van der Waals surface area (Å²) in [5.74, 6) is -1.08. The fourth-order valence-electron chi connectivity index (χ4n) is 5.69. The third kappa shape index (κ3) is 4.59. The highest BCUT2D eigenvalue weighted by molar-refractivity contribution is 5.96. The van der Waals surface area contributed by atoms with Crippen molar-refractivity contribution in [3.8, 4) is 23.1 Å². The molecule has 206 valence electrons. The highest BCUT2D eigenvalue weighted by atomic mass is 19.1. The first-order valence-corrected chi connectivity index (χ1v) is 14.0. The van der Waals surface area contributed by atoms with Gasteiger partial charge in [-0.15, -0.1) is 0 Å². The van der Waals surface area contributed by atoms with E-state index >= 15 is 0 Å². The zero-order chi connectivity index (χ0) is 28.0. The van der Waals surface area contributed by atoms with Crippen LogP contribution >= 0.6 is 0 Å². The van der Waals surface area contributed by atoms with Gasteiger partial charge in [-0.1, -0.05) is 44.2 Å². The van der Waals surface area contributed by atoms with Gasteiger partial charge in [0.25, 0.3) is 11.5 Å². The van der Waals surface area contributed by atoms with Gasteiger partial charge in [-0.25, -0.2) is 4.39 Å². The lowest BCUT2D eigenvalue weighted by atomic mass is 9.99. The maximum atomic E-state index is 13.8. The van der Waals surface area contributed by atoms with Crippen LogP contribution in [0.5, 0.6) is 5.88 Å². The number of carbonyl (C=O) groups is 1. The van der Waals surface area contributed by atoms with E-state index in [9.17, 15) is 19.1 Å². The van der Waals surface area contributed by atoms with Crippen LogP contribution in [0, 0.1) is 5.82 Å². The van der Waals surface area contributed by atoms with E-state index in [1.165, 1.54) is 12.1 Å². The number of aromatic nitrogens is 4. The second-order valence-electron chi connectivity index (χ2n) is 10.6. The van der Waals surface area contributed by atoms with E-state index in [2.05, 4.69) is 10.1 Å². The van der Waals surface area contributed by atoms with Gasteiger partial charge in [-0.2, -0.15) is 10.1 Å². The number of carbonyl (C=O) groups excluding carboxylic acids is 1. The van der Waals surface area contributed by atoms with Gasteiger partial charge in [0.15, 0.2) is 11.4 Å². The molecule has 2 aromatic carbocycles. The van der Waals surface area contributed by atoms with Crippen LogP contribution in [-0.2, 0) is 12.8 Å². The lowest BCUT2D eigenvalue weighted by Crippen LogP contribution is -2.34. The number of aryl methyl sites for hydroxylation is 2. The number of rotatable bonds is 7. The molecule has 1 saturated heterocycles. The molecule has 1 amide bonds. The number of aromatic hydroxyl groups is 1. The second kappa shape index (κ2) is 10.4. The van der Waals surface area contributed by atoms with Crippen LogP contribution in [0.4, 0.5) is 4.39 Å². The van der Waals surface area contributed by atoms with Gasteiger partial charge in [-0.3, -0.25) is 18.8 Å². The molecule has 1 atom stereocenters. The number of likely N-dealkylation sites (tertiary alicyclic amines) is 1. The summed E-state index contributed by atoms with van der Waals surface area (Å²) in [6.07, 6.45) is 6.00. The fraction of sp³-hybridized carbons (Fsp3) is 0.355. The second-order valence-corrected chi connectivity index (χ2v) is 10.6. The first-order valence-electron chi connectivity index (χ1n) is 14.0. The van der Waals surface area contributed by atoms with Crippen molar-refractivity contribution in [2.75, 3.05) is 13.1 Å². The van der Waals surface area contributed by atoms with Crippen molar-refractivity contribution in [1.29, 1.82) is 0 Å². The minimum absolute atomic E-state index is 0.0139. The summed E-state index contributed by atoms with van der Waals surface area (Å²) >= 11 is 0. The minimum Gasteiger partial charge on any atom is -0.493 e. The van der Waals surface area contributed by atoms with E-state index in [0.29, 0.717) is 49.8 Å². The standard InChI is InChI=1S/C31H32FN5O3/c1-3-19-6-5-7-20(4-2)27(19)37-28(25-15-17-36(34-25)24-12-13-24)33-29(38)26(31(37)40)30(39)35-16-14-22(18-35)21-8-10-23(32)11-9-21/h5-11,15,17,22,24,40H,3-4,12-14,16,18H2,1-2H3. The van der Waals surface area contributed by atoms with E-state index in [1.807, 2.05) is 42.9 Å². The highest BCUT2D eigenvalue weighted by Gasteiger charge is 2.34. The number of hydrogen-bond acceptors (Lipinski definition) is 5. The van der Waals surface area contributed by atoms with Crippen molar-refractivity contribution >= 4 is 5.91 Å². The Kier molecular flexibility index (Phi) is 6.73. The molecular formula is C31H32FN5O3. The van der Waals surface area contributed by atoms with Gasteiger partial charge in [0.05, 0.1) is 11.7 Å². The Bertz CT molecular complexity index is 1620. The van der Waals surface area contributed by atoms with Crippen LogP contribution in [0.25, 0.3) is 17.2 Å². The van der Waals surface area contributed by atoms with Crippen LogP contribution in [-0.4, -0.2) is 48.3 Å². The van der Waals surface area contributed by atoms with Crippen molar-refractivity contribution in [1.82, 2.24) is 24.2 Å².